The second-order valence-corrected chi connectivity index (χ2v) is 4.72. The number of nitrogen functional groups attached to an aromatic ring is 1. The highest BCUT2D eigenvalue weighted by Gasteiger charge is 2.11. The molecule has 2 aromatic rings. The first-order chi connectivity index (χ1) is 8.49. The number of rotatable bonds is 2. The molecule has 0 spiro atoms. The number of halogens is 3. The number of nitrogens with two attached hydrogens (primary N) is 1. The lowest BCUT2D eigenvalue weighted by atomic mass is 10.2. The minimum atomic E-state index is -0.427. The molecule has 0 aliphatic rings. The molecule has 18 heavy (non-hydrogen) atoms. The fourth-order valence-corrected chi connectivity index (χ4v) is 2.00. The molecule has 2 nitrogen and oxygen atoms in total. The van der Waals surface area contributed by atoms with E-state index in [9.17, 15) is 8.78 Å². The van der Waals surface area contributed by atoms with Gasteiger partial charge in [0.25, 0.3) is 0 Å². The van der Waals surface area contributed by atoms with Gasteiger partial charge in [0.2, 0.25) is 0 Å². The lowest BCUT2D eigenvalue weighted by molar-refractivity contribution is 0.621. The molecule has 0 aromatic heterocycles. The Morgan fingerprint density at radius 3 is 2.56 bits per heavy atom. The van der Waals surface area contributed by atoms with E-state index in [1.165, 1.54) is 18.2 Å². The summed E-state index contributed by atoms with van der Waals surface area (Å²) in [6, 6.07) is 8.90. The monoisotopic (exact) mass is 312 g/mol. The number of anilines is 3. The molecule has 0 aliphatic heterocycles. The van der Waals surface area contributed by atoms with E-state index in [4.69, 9.17) is 5.73 Å². The van der Waals surface area contributed by atoms with Crippen molar-refractivity contribution in [2.24, 2.45) is 0 Å². The summed E-state index contributed by atoms with van der Waals surface area (Å²) in [6.45, 7) is 0. The van der Waals surface area contributed by atoms with E-state index in [-0.39, 0.29) is 5.82 Å². The highest BCUT2D eigenvalue weighted by molar-refractivity contribution is 9.10. The highest BCUT2D eigenvalue weighted by atomic mass is 79.9. The van der Waals surface area contributed by atoms with Gasteiger partial charge < -0.3 is 10.6 Å². The maximum atomic E-state index is 13.3. The van der Waals surface area contributed by atoms with Crippen molar-refractivity contribution in [3.8, 4) is 0 Å². The molecule has 2 N–H and O–H groups in total. The van der Waals surface area contributed by atoms with Gasteiger partial charge in [0.1, 0.15) is 11.6 Å². The Hall–Kier alpha value is -1.62. The highest BCUT2D eigenvalue weighted by Crippen LogP contribution is 2.33. The molecule has 0 aliphatic carbocycles. The van der Waals surface area contributed by atoms with Crippen molar-refractivity contribution >= 4 is 33.0 Å². The third kappa shape index (κ3) is 2.46. The predicted octanol–water partition coefficient (Wildman–Crippen LogP) is 4.08. The van der Waals surface area contributed by atoms with Gasteiger partial charge in [-0.15, -0.1) is 0 Å². The molecule has 0 amide bonds. The van der Waals surface area contributed by atoms with Gasteiger partial charge in [0.15, 0.2) is 0 Å². The van der Waals surface area contributed by atoms with Gasteiger partial charge in [-0.25, -0.2) is 8.78 Å². The molecule has 2 aromatic carbocycles. The number of hydrogen-bond acceptors (Lipinski definition) is 2. The van der Waals surface area contributed by atoms with E-state index in [0.717, 1.165) is 0 Å². The van der Waals surface area contributed by atoms with Crippen LogP contribution in [0.1, 0.15) is 0 Å². The standard InChI is InChI=1S/C13H11BrF2N2/c1-18(9-4-2-3-8(15)5-9)13-6-10(14)11(16)7-12(13)17/h2-7H,17H2,1H3. The Morgan fingerprint density at radius 2 is 1.89 bits per heavy atom. The van der Waals surface area contributed by atoms with Gasteiger partial charge >= 0.3 is 0 Å². The average Bonchev–Trinajstić information content (AvgIpc) is 2.33. The molecule has 0 atom stereocenters. The SMILES string of the molecule is CN(c1cccc(F)c1)c1cc(Br)c(F)cc1N. The maximum Gasteiger partial charge on any atom is 0.139 e. The van der Waals surface area contributed by atoms with E-state index in [1.54, 1.807) is 30.1 Å². The first kappa shape index (κ1) is 12.8. The van der Waals surface area contributed by atoms with Crippen molar-refractivity contribution in [3.63, 3.8) is 0 Å². The molecule has 5 heteroatoms. The first-order valence-electron chi connectivity index (χ1n) is 5.23. The van der Waals surface area contributed by atoms with E-state index in [0.29, 0.717) is 21.5 Å². The second-order valence-electron chi connectivity index (χ2n) is 3.86. The summed E-state index contributed by atoms with van der Waals surface area (Å²) in [7, 11) is 1.74. The third-order valence-electron chi connectivity index (χ3n) is 2.63. The molecule has 0 saturated carbocycles. The minimum absolute atomic E-state index is 0.294. The van der Waals surface area contributed by atoms with Gasteiger partial charge in [-0.2, -0.15) is 0 Å². The second kappa shape index (κ2) is 4.94. The molecule has 0 unspecified atom stereocenters. The first-order valence-corrected chi connectivity index (χ1v) is 6.02. The van der Waals surface area contributed by atoms with Crippen LogP contribution < -0.4 is 10.6 Å². The van der Waals surface area contributed by atoms with Crippen LogP contribution in [0.25, 0.3) is 0 Å². The largest absolute Gasteiger partial charge is 0.397 e. The number of nitrogens with zero attached hydrogens (tertiary/aromatic N) is 1. The molecular formula is C13H11BrF2N2. The summed E-state index contributed by atoms with van der Waals surface area (Å²) in [5.74, 6) is -0.761. The van der Waals surface area contributed by atoms with Gasteiger partial charge in [-0.3, -0.25) is 0 Å². The fraction of sp³-hybridized carbons (Fsp3) is 0.0769. The zero-order chi connectivity index (χ0) is 13.3. The van der Waals surface area contributed by atoms with E-state index < -0.39 is 5.82 Å². The van der Waals surface area contributed by atoms with Crippen LogP contribution in [0.3, 0.4) is 0 Å². The van der Waals surface area contributed by atoms with Gasteiger partial charge in [0, 0.05) is 18.8 Å². The third-order valence-corrected chi connectivity index (χ3v) is 3.23. The Kier molecular flexibility index (Phi) is 3.52. The summed E-state index contributed by atoms with van der Waals surface area (Å²) in [6.07, 6.45) is 0. The molecule has 94 valence electrons. The van der Waals surface area contributed by atoms with Crippen molar-refractivity contribution < 1.29 is 8.78 Å². The van der Waals surface area contributed by atoms with Crippen molar-refractivity contribution in [3.05, 3.63) is 52.5 Å². The maximum absolute atomic E-state index is 13.3. The van der Waals surface area contributed by atoms with Gasteiger partial charge in [-0.05, 0) is 40.2 Å². The zero-order valence-electron chi connectivity index (χ0n) is 9.62. The minimum Gasteiger partial charge on any atom is -0.397 e. The van der Waals surface area contributed by atoms with Gasteiger partial charge in [-0.1, -0.05) is 6.07 Å². The summed E-state index contributed by atoms with van der Waals surface area (Å²) in [5, 5.41) is 0. The van der Waals surface area contributed by atoms with Crippen molar-refractivity contribution in [1.29, 1.82) is 0 Å². The summed E-state index contributed by atoms with van der Waals surface area (Å²) < 4.78 is 26.8. The van der Waals surface area contributed by atoms with Crippen molar-refractivity contribution in [2.75, 3.05) is 17.7 Å². The topological polar surface area (TPSA) is 29.3 Å². The Morgan fingerprint density at radius 1 is 1.17 bits per heavy atom. The summed E-state index contributed by atoms with van der Waals surface area (Å²) in [5.41, 5.74) is 7.31. The molecule has 0 bridgehead atoms. The van der Waals surface area contributed by atoms with Gasteiger partial charge in [0.05, 0.1) is 15.8 Å². The number of benzene rings is 2. The smallest absolute Gasteiger partial charge is 0.139 e. The van der Waals surface area contributed by atoms with Crippen LogP contribution in [0.5, 0.6) is 0 Å². The van der Waals surface area contributed by atoms with Crippen LogP contribution in [0, 0.1) is 11.6 Å². The molecule has 0 fully saturated rings. The van der Waals surface area contributed by atoms with Crippen LogP contribution in [0.2, 0.25) is 0 Å². The molecule has 0 heterocycles. The van der Waals surface area contributed by atoms with Crippen LogP contribution >= 0.6 is 15.9 Å². The van der Waals surface area contributed by atoms with Crippen molar-refractivity contribution in [1.82, 2.24) is 0 Å². The van der Waals surface area contributed by atoms with E-state index >= 15 is 0 Å². The van der Waals surface area contributed by atoms with Crippen LogP contribution in [0.15, 0.2) is 40.9 Å². The number of hydrogen-bond donors (Lipinski definition) is 1. The molecule has 0 radical (unpaired) electrons. The molecular weight excluding hydrogens is 302 g/mol. The van der Waals surface area contributed by atoms with E-state index in [1.807, 2.05) is 0 Å². The normalized spacial score (nSPS) is 10.4. The lowest BCUT2D eigenvalue weighted by Gasteiger charge is -2.21. The zero-order valence-corrected chi connectivity index (χ0v) is 11.2. The molecule has 0 saturated heterocycles. The Bertz CT molecular complexity index is 587. The quantitative estimate of drug-likeness (QED) is 0.847. The van der Waals surface area contributed by atoms with Crippen molar-refractivity contribution in [2.45, 2.75) is 0 Å². The van der Waals surface area contributed by atoms with Crippen LogP contribution in [0.4, 0.5) is 25.8 Å². The predicted molar refractivity (Wildman–Crippen MR) is 73.0 cm³/mol. The summed E-state index contributed by atoms with van der Waals surface area (Å²) >= 11 is 3.10. The van der Waals surface area contributed by atoms with E-state index in [2.05, 4.69) is 15.9 Å². The average molecular weight is 313 g/mol. The summed E-state index contributed by atoms with van der Waals surface area (Å²) in [4.78, 5) is 1.70. The van der Waals surface area contributed by atoms with Crippen LogP contribution in [-0.4, -0.2) is 7.05 Å². The lowest BCUT2D eigenvalue weighted by Crippen LogP contribution is -2.12. The Balaban J connectivity index is 2.46. The Labute approximate surface area is 112 Å². The fourth-order valence-electron chi connectivity index (χ4n) is 1.67. The molecule has 2 rings (SSSR count). The van der Waals surface area contributed by atoms with Crippen LogP contribution in [-0.2, 0) is 0 Å².